The lowest BCUT2D eigenvalue weighted by Crippen LogP contribution is -2.10. The predicted molar refractivity (Wildman–Crippen MR) is 192 cm³/mol. The largest absolute Gasteiger partial charge is 0.455 e. The van der Waals surface area contributed by atoms with Crippen LogP contribution >= 0.6 is 0 Å². The molecular formula is C43H28N2O. The highest BCUT2D eigenvalue weighted by Crippen LogP contribution is 2.45. The summed E-state index contributed by atoms with van der Waals surface area (Å²) in [5.74, 6) is 0. The van der Waals surface area contributed by atoms with Gasteiger partial charge in [-0.3, -0.25) is 4.98 Å². The van der Waals surface area contributed by atoms with Crippen molar-refractivity contribution < 1.29 is 4.42 Å². The van der Waals surface area contributed by atoms with Crippen LogP contribution in [0.2, 0.25) is 0 Å². The molecule has 0 bridgehead atoms. The summed E-state index contributed by atoms with van der Waals surface area (Å²) in [5.41, 5.74) is 10.5. The molecule has 0 N–H and O–H groups in total. The summed E-state index contributed by atoms with van der Waals surface area (Å²) in [6, 6.07) is 58.0. The Kier molecular flexibility index (Phi) is 6.14. The van der Waals surface area contributed by atoms with E-state index in [9.17, 15) is 0 Å². The minimum atomic E-state index is 0.846. The molecular weight excluding hydrogens is 560 g/mol. The van der Waals surface area contributed by atoms with E-state index in [-0.39, 0.29) is 0 Å². The van der Waals surface area contributed by atoms with E-state index in [1.165, 1.54) is 27.5 Å². The second-order valence-corrected chi connectivity index (χ2v) is 11.6. The fourth-order valence-corrected chi connectivity index (χ4v) is 6.78. The fraction of sp³-hybridized carbons (Fsp3) is 0. The van der Waals surface area contributed by atoms with Crippen molar-refractivity contribution in [1.82, 2.24) is 4.98 Å². The fourth-order valence-electron chi connectivity index (χ4n) is 6.78. The Morgan fingerprint density at radius 2 is 1.17 bits per heavy atom. The van der Waals surface area contributed by atoms with Crippen LogP contribution < -0.4 is 4.90 Å². The van der Waals surface area contributed by atoms with E-state index < -0.39 is 0 Å². The summed E-state index contributed by atoms with van der Waals surface area (Å²) in [7, 11) is 0. The molecule has 2 heterocycles. The average molecular weight is 589 g/mol. The van der Waals surface area contributed by atoms with Crippen LogP contribution in [0, 0.1) is 0 Å². The molecule has 3 heteroatoms. The molecule has 9 aromatic rings. The zero-order valence-electron chi connectivity index (χ0n) is 25.0. The molecule has 9 rings (SSSR count). The molecule has 0 saturated carbocycles. The van der Waals surface area contributed by atoms with Gasteiger partial charge in [-0.1, -0.05) is 103 Å². The summed E-state index contributed by atoms with van der Waals surface area (Å²) in [5, 5.41) is 5.62. The van der Waals surface area contributed by atoms with Crippen LogP contribution in [0.25, 0.3) is 65.9 Å². The number of pyridine rings is 1. The van der Waals surface area contributed by atoms with Gasteiger partial charge < -0.3 is 9.32 Å². The molecule has 3 nitrogen and oxygen atoms in total. The summed E-state index contributed by atoms with van der Waals surface area (Å²) in [6.45, 7) is 0. The van der Waals surface area contributed by atoms with Gasteiger partial charge in [-0.25, -0.2) is 0 Å². The lowest BCUT2D eigenvalue weighted by molar-refractivity contribution is 0.672. The van der Waals surface area contributed by atoms with Crippen molar-refractivity contribution in [2.45, 2.75) is 0 Å². The zero-order chi connectivity index (χ0) is 30.5. The van der Waals surface area contributed by atoms with Crippen LogP contribution in [0.4, 0.5) is 17.1 Å². The Hall–Kier alpha value is -6.19. The Balaban J connectivity index is 1.31. The molecule has 216 valence electrons. The minimum absolute atomic E-state index is 0.846. The molecule has 7 aromatic carbocycles. The van der Waals surface area contributed by atoms with Gasteiger partial charge in [0.1, 0.15) is 11.2 Å². The molecule has 2 aromatic heterocycles. The van der Waals surface area contributed by atoms with Crippen LogP contribution in [-0.4, -0.2) is 4.98 Å². The maximum absolute atomic E-state index is 6.60. The van der Waals surface area contributed by atoms with Crippen LogP contribution in [0.5, 0.6) is 0 Å². The van der Waals surface area contributed by atoms with Gasteiger partial charge >= 0.3 is 0 Å². The first-order valence-corrected chi connectivity index (χ1v) is 15.5. The first-order valence-electron chi connectivity index (χ1n) is 15.5. The number of hydrogen-bond donors (Lipinski definition) is 0. The normalized spacial score (nSPS) is 11.5. The molecule has 0 unspecified atom stereocenters. The first-order chi connectivity index (χ1) is 22.8. The highest BCUT2D eigenvalue weighted by atomic mass is 16.3. The number of rotatable bonds is 5. The summed E-state index contributed by atoms with van der Waals surface area (Å²) < 4.78 is 6.60. The standard InChI is InChI=1S/C43H28N2O/c1-2-11-29(12-3-1)31-15-6-17-33(27-31)45(34-18-7-16-32(28-34)36-20-8-14-30-13-4-5-19-35(30)36)40-22-9-23-41-42(40)38-24-25-39-37(43(38)46-41)21-10-26-44-39/h1-28H. The lowest BCUT2D eigenvalue weighted by Gasteiger charge is -2.27. The summed E-state index contributed by atoms with van der Waals surface area (Å²) in [4.78, 5) is 6.95. The number of aromatic nitrogens is 1. The first kappa shape index (κ1) is 26.2. The van der Waals surface area contributed by atoms with Crippen molar-refractivity contribution >= 4 is 60.7 Å². The van der Waals surface area contributed by atoms with E-state index in [2.05, 4.69) is 168 Å². The third-order valence-electron chi connectivity index (χ3n) is 8.88. The molecule has 0 fully saturated rings. The SMILES string of the molecule is c1ccc(-c2cccc(N(c3cccc(-c4cccc5ccccc45)c3)c3cccc4oc5c6cccnc6ccc5c34)c2)cc1. The Morgan fingerprint density at radius 3 is 2.07 bits per heavy atom. The van der Waals surface area contributed by atoms with Gasteiger partial charge in [0.05, 0.1) is 16.6 Å². The molecule has 0 radical (unpaired) electrons. The molecule has 0 saturated heterocycles. The van der Waals surface area contributed by atoms with E-state index in [0.29, 0.717) is 0 Å². The van der Waals surface area contributed by atoms with Gasteiger partial charge in [0, 0.05) is 28.3 Å². The Bertz CT molecular complexity index is 2540. The van der Waals surface area contributed by atoms with Gasteiger partial charge in [-0.15, -0.1) is 0 Å². The van der Waals surface area contributed by atoms with Crippen LogP contribution in [0.15, 0.2) is 174 Å². The van der Waals surface area contributed by atoms with Crippen molar-refractivity contribution in [1.29, 1.82) is 0 Å². The van der Waals surface area contributed by atoms with E-state index in [0.717, 1.165) is 55.5 Å². The number of fused-ring (bicyclic) bond motifs is 6. The van der Waals surface area contributed by atoms with Gasteiger partial charge in [-0.2, -0.15) is 0 Å². The van der Waals surface area contributed by atoms with Gasteiger partial charge in [-0.05, 0) is 93.7 Å². The molecule has 0 atom stereocenters. The van der Waals surface area contributed by atoms with E-state index >= 15 is 0 Å². The number of furan rings is 1. The van der Waals surface area contributed by atoms with Crippen LogP contribution in [0.3, 0.4) is 0 Å². The maximum Gasteiger partial charge on any atom is 0.144 e. The number of hydrogen-bond acceptors (Lipinski definition) is 3. The highest BCUT2D eigenvalue weighted by Gasteiger charge is 2.21. The van der Waals surface area contributed by atoms with Gasteiger partial charge in [0.15, 0.2) is 0 Å². The molecule has 0 aliphatic carbocycles. The molecule has 0 aliphatic heterocycles. The monoisotopic (exact) mass is 588 g/mol. The molecule has 0 spiro atoms. The number of nitrogens with zero attached hydrogens (tertiary/aromatic N) is 2. The molecule has 46 heavy (non-hydrogen) atoms. The van der Waals surface area contributed by atoms with Gasteiger partial charge in [0.25, 0.3) is 0 Å². The van der Waals surface area contributed by atoms with Crippen LogP contribution in [-0.2, 0) is 0 Å². The minimum Gasteiger partial charge on any atom is -0.455 e. The highest BCUT2D eigenvalue weighted by molar-refractivity contribution is 6.19. The Labute approximate surface area is 266 Å². The number of anilines is 3. The van der Waals surface area contributed by atoms with Crippen LogP contribution in [0.1, 0.15) is 0 Å². The van der Waals surface area contributed by atoms with Crippen molar-refractivity contribution in [2.24, 2.45) is 0 Å². The topological polar surface area (TPSA) is 29.3 Å². The summed E-state index contributed by atoms with van der Waals surface area (Å²) in [6.07, 6.45) is 1.83. The lowest BCUT2D eigenvalue weighted by atomic mass is 9.97. The second kappa shape index (κ2) is 10.8. The second-order valence-electron chi connectivity index (χ2n) is 11.6. The quantitative estimate of drug-likeness (QED) is 0.200. The van der Waals surface area contributed by atoms with Crippen molar-refractivity contribution in [3.8, 4) is 22.3 Å². The van der Waals surface area contributed by atoms with Crippen molar-refractivity contribution in [3.05, 3.63) is 170 Å². The van der Waals surface area contributed by atoms with Crippen molar-refractivity contribution in [3.63, 3.8) is 0 Å². The summed E-state index contributed by atoms with van der Waals surface area (Å²) >= 11 is 0. The Morgan fingerprint density at radius 1 is 0.478 bits per heavy atom. The molecule has 0 aliphatic rings. The maximum atomic E-state index is 6.60. The predicted octanol–water partition coefficient (Wildman–Crippen LogP) is 12.1. The zero-order valence-corrected chi connectivity index (χ0v) is 25.0. The third kappa shape index (κ3) is 4.33. The van der Waals surface area contributed by atoms with E-state index in [1.807, 2.05) is 12.3 Å². The third-order valence-corrected chi connectivity index (χ3v) is 8.88. The number of benzene rings is 7. The van der Waals surface area contributed by atoms with E-state index in [1.54, 1.807) is 0 Å². The average Bonchev–Trinajstić information content (AvgIpc) is 3.52. The van der Waals surface area contributed by atoms with Crippen molar-refractivity contribution in [2.75, 3.05) is 4.90 Å². The van der Waals surface area contributed by atoms with E-state index in [4.69, 9.17) is 4.42 Å². The molecule has 0 amide bonds. The van der Waals surface area contributed by atoms with Gasteiger partial charge in [0.2, 0.25) is 0 Å². The smallest absolute Gasteiger partial charge is 0.144 e.